The van der Waals surface area contributed by atoms with Crippen LogP contribution < -0.4 is 10.1 Å². The van der Waals surface area contributed by atoms with Crippen molar-refractivity contribution >= 4 is 17.5 Å². The number of rotatable bonds is 6. The lowest BCUT2D eigenvalue weighted by Gasteiger charge is -2.18. The molecular formula is C14H17ClN2O2. The lowest BCUT2D eigenvalue weighted by atomic mass is 10.1. The molecule has 1 aromatic rings. The predicted molar refractivity (Wildman–Crippen MR) is 74.0 cm³/mol. The van der Waals surface area contributed by atoms with Crippen molar-refractivity contribution in [3.63, 3.8) is 0 Å². The molecule has 0 heterocycles. The smallest absolute Gasteiger partial charge is 0.261 e. The molecule has 5 heteroatoms. The van der Waals surface area contributed by atoms with Gasteiger partial charge in [0.15, 0.2) is 6.10 Å². The van der Waals surface area contributed by atoms with Crippen molar-refractivity contribution in [3.8, 4) is 11.8 Å². The van der Waals surface area contributed by atoms with Crippen LogP contribution >= 0.6 is 11.6 Å². The first-order chi connectivity index (χ1) is 9.06. The molecule has 0 aliphatic rings. The number of benzene rings is 1. The maximum Gasteiger partial charge on any atom is 0.261 e. The number of nitrogens with zero attached hydrogens (tertiary/aromatic N) is 1. The summed E-state index contributed by atoms with van der Waals surface area (Å²) < 4.78 is 5.50. The van der Waals surface area contributed by atoms with Crippen molar-refractivity contribution in [1.29, 1.82) is 5.26 Å². The van der Waals surface area contributed by atoms with Crippen molar-refractivity contribution in [2.75, 3.05) is 0 Å². The Kier molecular flexibility index (Phi) is 6.17. The zero-order valence-corrected chi connectivity index (χ0v) is 11.8. The third kappa shape index (κ3) is 5.19. The van der Waals surface area contributed by atoms with Gasteiger partial charge < -0.3 is 10.1 Å². The van der Waals surface area contributed by atoms with Crippen molar-refractivity contribution < 1.29 is 9.53 Å². The van der Waals surface area contributed by atoms with E-state index in [0.29, 0.717) is 23.6 Å². The first-order valence-electron chi connectivity index (χ1n) is 6.16. The summed E-state index contributed by atoms with van der Waals surface area (Å²) >= 11 is 5.84. The molecule has 4 nitrogen and oxygen atoms in total. The highest BCUT2D eigenvalue weighted by molar-refractivity contribution is 6.30. The minimum Gasteiger partial charge on any atom is -0.481 e. The van der Waals surface area contributed by atoms with Crippen LogP contribution in [0.5, 0.6) is 5.75 Å². The zero-order valence-electron chi connectivity index (χ0n) is 11.0. The number of hydrogen-bond acceptors (Lipinski definition) is 3. The van der Waals surface area contributed by atoms with E-state index in [1.165, 1.54) is 0 Å². The van der Waals surface area contributed by atoms with Crippen molar-refractivity contribution in [3.05, 3.63) is 29.3 Å². The second-order valence-electron chi connectivity index (χ2n) is 4.19. The highest BCUT2D eigenvalue weighted by Crippen LogP contribution is 2.18. The fourth-order valence-electron chi connectivity index (χ4n) is 1.52. The molecule has 0 aliphatic carbocycles. The highest BCUT2D eigenvalue weighted by Gasteiger charge is 2.18. The summed E-state index contributed by atoms with van der Waals surface area (Å²) in [4.78, 5) is 11.9. The van der Waals surface area contributed by atoms with Crippen molar-refractivity contribution in [2.24, 2.45) is 0 Å². The first kappa shape index (κ1) is 15.3. The summed E-state index contributed by atoms with van der Waals surface area (Å²) in [5.41, 5.74) is 0. The monoisotopic (exact) mass is 280 g/mol. The van der Waals surface area contributed by atoms with Crippen LogP contribution in [0.25, 0.3) is 0 Å². The number of amides is 1. The van der Waals surface area contributed by atoms with E-state index in [9.17, 15) is 4.79 Å². The molecule has 0 spiro atoms. The van der Waals surface area contributed by atoms with Gasteiger partial charge in [-0.3, -0.25) is 4.79 Å². The third-order valence-corrected chi connectivity index (χ3v) is 2.89. The van der Waals surface area contributed by atoms with Crippen LogP contribution in [0.1, 0.15) is 26.7 Å². The number of nitrogens with one attached hydrogen (secondary N) is 1. The van der Waals surface area contributed by atoms with Crippen molar-refractivity contribution in [2.45, 2.75) is 38.8 Å². The lowest BCUT2D eigenvalue weighted by Crippen LogP contribution is -2.42. The molecule has 0 aliphatic heterocycles. The first-order valence-corrected chi connectivity index (χ1v) is 6.54. The van der Waals surface area contributed by atoms with Crippen LogP contribution in [-0.4, -0.2) is 18.1 Å². The van der Waals surface area contributed by atoms with Crippen LogP contribution in [0.2, 0.25) is 5.02 Å². The Morgan fingerprint density at radius 2 is 2.32 bits per heavy atom. The Morgan fingerprint density at radius 1 is 1.58 bits per heavy atom. The molecule has 2 unspecified atom stereocenters. The van der Waals surface area contributed by atoms with E-state index in [4.69, 9.17) is 21.6 Å². The summed E-state index contributed by atoms with van der Waals surface area (Å²) in [5.74, 6) is 0.311. The molecule has 2 atom stereocenters. The van der Waals surface area contributed by atoms with E-state index in [0.717, 1.165) is 0 Å². The average molecular weight is 281 g/mol. The van der Waals surface area contributed by atoms with E-state index < -0.39 is 6.10 Å². The molecule has 0 aromatic heterocycles. The molecule has 1 aromatic carbocycles. The maximum atomic E-state index is 11.9. The molecular weight excluding hydrogens is 264 g/mol. The van der Waals surface area contributed by atoms with Crippen LogP contribution in [-0.2, 0) is 4.79 Å². The van der Waals surface area contributed by atoms with Gasteiger partial charge in [-0.1, -0.05) is 24.6 Å². The number of nitriles is 1. The molecule has 0 fully saturated rings. The Balaban J connectivity index is 2.55. The molecule has 1 amide bonds. The molecule has 1 N–H and O–H groups in total. The molecule has 102 valence electrons. The standard InChI is InChI=1S/C14H17ClN2O2/c1-3-12(7-8-16)17-14(18)10(2)19-13-6-4-5-11(15)9-13/h4-6,9-10,12H,3,7H2,1-2H3,(H,17,18). The van der Waals surface area contributed by atoms with Gasteiger partial charge in [-0.15, -0.1) is 0 Å². The third-order valence-electron chi connectivity index (χ3n) is 2.66. The van der Waals surface area contributed by atoms with Crippen LogP contribution in [0.15, 0.2) is 24.3 Å². The summed E-state index contributed by atoms with van der Waals surface area (Å²) in [7, 11) is 0. The highest BCUT2D eigenvalue weighted by atomic mass is 35.5. The molecule has 0 radical (unpaired) electrons. The van der Waals surface area contributed by atoms with Crippen LogP contribution in [0.4, 0.5) is 0 Å². The Morgan fingerprint density at radius 3 is 2.89 bits per heavy atom. The Labute approximate surface area is 118 Å². The lowest BCUT2D eigenvalue weighted by molar-refractivity contribution is -0.128. The summed E-state index contributed by atoms with van der Waals surface area (Å²) in [6, 6.07) is 8.79. The van der Waals surface area contributed by atoms with E-state index in [1.54, 1.807) is 31.2 Å². The minimum atomic E-state index is -0.633. The Bertz CT molecular complexity index is 471. The topological polar surface area (TPSA) is 62.1 Å². The summed E-state index contributed by atoms with van der Waals surface area (Å²) in [6.07, 6.45) is 0.376. The van der Waals surface area contributed by atoms with Crippen molar-refractivity contribution in [1.82, 2.24) is 5.32 Å². The number of carbonyl (C=O) groups excluding carboxylic acids is 1. The van der Waals surface area contributed by atoms with E-state index in [1.807, 2.05) is 13.0 Å². The summed E-state index contributed by atoms with van der Waals surface area (Å²) in [6.45, 7) is 3.58. The number of halogens is 1. The van der Waals surface area contributed by atoms with E-state index in [2.05, 4.69) is 5.32 Å². The van der Waals surface area contributed by atoms with Gasteiger partial charge in [-0.2, -0.15) is 5.26 Å². The largest absolute Gasteiger partial charge is 0.481 e. The predicted octanol–water partition coefficient (Wildman–Crippen LogP) is 2.92. The van der Waals surface area contributed by atoms with Crippen LogP contribution in [0, 0.1) is 11.3 Å². The zero-order chi connectivity index (χ0) is 14.3. The fraction of sp³-hybridized carbons (Fsp3) is 0.429. The summed E-state index contributed by atoms with van der Waals surface area (Å²) in [5, 5.41) is 12.0. The van der Waals surface area contributed by atoms with Gasteiger partial charge >= 0.3 is 0 Å². The van der Waals surface area contributed by atoms with Gasteiger partial charge in [0.05, 0.1) is 12.5 Å². The number of carbonyl (C=O) groups is 1. The van der Waals surface area contributed by atoms with Gasteiger partial charge in [0.1, 0.15) is 5.75 Å². The number of hydrogen-bond donors (Lipinski definition) is 1. The second kappa shape index (κ2) is 7.65. The SMILES string of the molecule is CCC(CC#N)NC(=O)C(C)Oc1cccc(Cl)c1. The van der Waals surface area contributed by atoms with Gasteiger partial charge in [0, 0.05) is 11.1 Å². The molecule has 1 rings (SSSR count). The van der Waals surface area contributed by atoms with E-state index in [-0.39, 0.29) is 11.9 Å². The fourth-order valence-corrected chi connectivity index (χ4v) is 1.70. The quantitative estimate of drug-likeness (QED) is 0.871. The second-order valence-corrected chi connectivity index (χ2v) is 4.63. The van der Waals surface area contributed by atoms with Gasteiger partial charge in [0.25, 0.3) is 5.91 Å². The van der Waals surface area contributed by atoms with Gasteiger partial charge in [0.2, 0.25) is 0 Å². The Hall–Kier alpha value is -1.73. The van der Waals surface area contributed by atoms with E-state index >= 15 is 0 Å². The molecule has 19 heavy (non-hydrogen) atoms. The van der Waals surface area contributed by atoms with Crippen LogP contribution in [0.3, 0.4) is 0 Å². The average Bonchev–Trinajstić information content (AvgIpc) is 2.38. The van der Waals surface area contributed by atoms with Gasteiger partial charge in [-0.25, -0.2) is 0 Å². The molecule has 0 saturated heterocycles. The van der Waals surface area contributed by atoms with Gasteiger partial charge in [-0.05, 0) is 31.5 Å². The number of ether oxygens (including phenoxy) is 1. The molecule has 0 saturated carbocycles. The maximum absolute atomic E-state index is 11.9. The minimum absolute atomic E-state index is 0.136. The molecule has 0 bridgehead atoms. The normalized spacial score (nSPS) is 13.2.